The van der Waals surface area contributed by atoms with Crippen molar-refractivity contribution in [2.75, 3.05) is 0 Å². The van der Waals surface area contributed by atoms with Gasteiger partial charge in [-0.2, -0.15) is 0 Å². The summed E-state index contributed by atoms with van der Waals surface area (Å²) in [5.74, 6) is -3.42. The summed E-state index contributed by atoms with van der Waals surface area (Å²) in [6.07, 6.45) is 7.15. The Morgan fingerprint density at radius 2 is 0.800 bits per heavy atom. The summed E-state index contributed by atoms with van der Waals surface area (Å²) >= 11 is 0. The van der Waals surface area contributed by atoms with Gasteiger partial charge in [-0.05, 0) is 39.0 Å². The summed E-state index contributed by atoms with van der Waals surface area (Å²) < 4.78 is 0. The van der Waals surface area contributed by atoms with Crippen molar-refractivity contribution in [2.45, 2.75) is 20.8 Å². The number of hydrogen-bond donors (Lipinski definition) is 0. The molecule has 6 nitrogen and oxygen atoms in total. The summed E-state index contributed by atoms with van der Waals surface area (Å²) in [5, 5.41) is 28.2. The molecule has 0 saturated carbocycles. The molecule has 0 saturated heterocycles. The Bertz CT molecular complexity index is 285. The molecule has 0 aliphatic rings. The number of carbonyl (C=O) groups excluding carboxylic acids is 3. The van der Waals surface area contributed by atoms with Crippen LogP contribution in [-0.4, -0.2) is 55.6 Å². The van der Waals surface area contributed by atoms with Crippen molar-refractivity contribution in [3.05, 3.63) is 36.5 Å². The molecule has 0 aliphatic heterocycles. The van der Waals surface area contributed by atoms with Crippen molar-refractivity contribution in [3.63, 3.8) is 0 Å². The number of rotatable bonds is 3. The van der Waals surface area contributed by atoms with Crippen LogP contribution in [0.25, 0.3) is 0 Å². The molecule has 0 N–H and O–H groups in total. The van der Waals surface area contributed by atoms with Crippen LogP contribution in [0.4, 0.5) is 0 Å². The topological polar surface area (TPSA) is 120 Å². The number of carboxylic acid groups (broad SMARTS) is 3. The van der Waals surface area contributed by atoms with Gasteiger partial charge >= 0.3 is 89.1 Å². The largest absolute Gasteiger partial charge is 2.00 e. The number of carboxylic acids is 3. The van der Waals surface area contributed by atoms with Gasteiger partial charge in [0.15, 0.2) is 0 Å². The monoisotopic (exact) mass is 334 g/mol. The number of carbonyl (C=O) groups is 3. The van der Waals surface area contributed by atoms with Crippen LogP contribution < -0.4 is 66.7 Å². The van der Waals surface area contributed by atoms with Crippen LogP contribution in [0, 0.1) is 0 Å². The summed E-state index contributed by atoms with van der Waals surface area (Å²) in [7, 11) is 0. The molecule has 0 heterocycles. The Labute approximate surface area is 191 Å². The quantitative estimate of drug-likeness (QED) is 0.375. The molecule has 0 spiro atoms. The fraction of sp³-hybridized carbons (Fsp3) is 0.250. The molecule has 8 heteroatoms. The minimum absolute atomic E-state index is 0. The first kappa shape index (κ1) is 32.5. The maximum Gasteiger partial charge on any atom is 2.00 e. The van der Waals surface area contributed by atoms with Gasteiger partial charge in [-0.3, -0.25) is 0 Å². The average Bonchev–Trinajstić information content (AvgIpc) is 2.18. The minimum Gasteiger partial charge on any atom is -0.545 e. The summed E-state index contributed by atoms with van der Waals surface area (Å²) in [4.78, 5) is 28.2. The van der Waals surface area contributed by atoms with E-state index in [-0.39, 0.29) is 89.1 Å². The molecule has 0 fully saturated rings. The third-order valence-corrected chi connectivity index (χ3v) is 0.908. The van der Waals surface area contributed by atoms with Gasteiger partial charge in [-0.1, -0.05) is 18.2 Å². The van der Waals surface area contributed by atoms with E-state index >= 15 is 0 Å². The van der Waals surface area contributed by atoms with Crippen LogP contribution in [0.3, 0.4) is 0 Å². The first-order chi connectivity index (χ1) is 8.31. The Balaban J connectivity index is -0.0000000536. The average molecular weight is 334 g/mol. The van der Waals surface area contributed by atoms with Gasteiger partial charge in [-0.25, -0.2) is 0 Å². The van der Waals surface area contributed by atoms with Crippen LogP contribution >= 0.6 is 0 Å². The molecule has 102 valence electrons. The molecule has 0 atom stereocenters. The number of hydrogen-bond acceptors (Lipinski definition) is 6. The minimum atomic E-state index is -1.14. The van der Waals surface area contributed by atoms with Gasteiger partial charge in [0.1, 0.15) is 0 Å². The Morgan fingerprint density at radius 3 is 0.800 bits per heavy atom. The van der Waals surface area contributed by atoms with E-state index in [1.54, 1.807) is 20.8 Å². The molecule has 0 amide bonds. The first-order valence-corrected chi connectivity index (χ1v) is 4.82. The fourth-order valence-electron chi connectivity index (χ4n) is 0.408. The molecule has 0 aromatic rings. The molecule has 0 unspecified atom stereocenters. The molecule has 0 aliphatic carbocycles. The van der Waals surface area contributed by atoms with E-state index in [1.807, 2.05) is 0 Å². The second kappa shape index (κ2) is 27.8. The molecular weight excluding hydrogens is 319 g/mol. The Kier molecular flexibility index (Phi) is 45.1. The van der Waals surface area contributed by atoms with Crippen molar-refractivity contribution in [2.24, 2.45) is 0 Å². The van der Waals surface area contributed by atoms with Gasteiger partial charge in [0.25, 0.3) is 0 Å². The summed E-state index contributed by atoms with van der Waals surface area (Å²) in [5.41, 5.74) is 0. The smallest absolute Gasteiger partial charge is 0.545 e. The normalized spacial score (nSPS) is 8.55. The zero-order valence-electron chi connectivity index (χ0n) is 12.1. The van der Waals surface area contributed by atoms with Crippen LogP contribution in [0.15, 0.2) is 36.5 Å². The number of allylic oxidation sites excluding steroid dienone is 3. The molecular formula is C12H15CaKO6. The molecule has 0 aromatic heterocycles. The third kappa shape index (κ3) is 62.7. The maximum absolute atomic E-state index is 9.40. The van der Waals surface area contributed by atoms with Crippen molar-refractivity contribution in [1.29, 1.82) is 0 Å². The third-order valence-electron chi connectivity index (χ3n) is 0.908. The van der Waals surface area contributed by atoms with Crippen LogP contribution in [0.2, 0.25) is 0 Å². The van der Waals surface area contributed by atoms with Gasteiger partial charge in [0.2, 0.25) is 0 Å². The van der Waals surface area contributed by atoms with E-state index in [0.717, 1.165) is 18.2 Å². The maximum atomic E-state index is 9.40. The van der Waals surface area contributed by atoms with Crippen molar-refractivity contribution >= 4 is 55.6 Å². The Hall–Kier alpha value is 0.526. The van der Waals surface area contributed by atoms with E-state index < -0.39 is 17.9 Å². The van der Waals surface area contributed by atoms with E-state index in [1.165, 1.54) is 18.2 Å². The molecule has 20 heavy (non-hydrogen) atoms. The van der Waals surface area contributed by atoms with Crippen LogP contribution in [0.5, 0.6) is 0 Å². The number of aliphatic carboxylic acids is 3. The van der Waals surface area contributed by atoms with E-state index in [0.29, 0.717) is 0 Å². The van der Waals surface area contributed by atoms with Gasteiger partial charge in [-0.15, -0.1) is 0 Å². The summed E-state index contributed by atoms with van der Waals surface area (Å²) in [6, 6.07) is 0. The zero-order valence-corrected chi connectivity index (χ0v) is 17.5. The van der Waals surface area contributed by atoms with Crippen LogP contribution in [0.1, 0.15) is 20.8 Å². The van der Waals surface area contributed by atoms with Gasteiger partial charge in [0, 0.05) is 0 Å². The predicted octanol–water partition coefficient (Wildman–Crippen LogP) is -5.44. The second-order valence-corrected chi connectivity index (χ2v) is 2.46. The zero-order chi connectivity index (χ0) is 15.0. The molecule has 0 aromatic carbocycles. The predicted molar refractivity (Wildman–Crippen MR) is 65.2 cm³/mol. The Morgan fingerprint density at radius 1 is 0.650 bits per heavy atom. The van der Waals surface area contributed by atoms with Crippen molar-refractivity contribution in [3.8, 4) is 0 Å². The molecule has 0 radical (unpaired) electrons. The van der Waals surface area contributed by atoms with Crippen LogP contribution in [-0.2, 0) is 14.4 Å². The van der Waals surface area contributed by atoms with E-state index in [2.05, 4.69) is 0 Å². The van der Waals surface area contributed by atoms with Crippen molar-refractivity contribution < 1.29 is 81.1 Å². The SMILES string of the molecule is CC=CC(=O)[O-].CC=CC(=O)[O-].CC=CC(=O)[O-].[Ca+2].[K+]. The van der Waals surface area contributed by atoms with E-state index in [9.17, 15) is 29.7 Å². The fourth-order valence-corrected chi connectivity index (χ4v) is 0.408. The van der Waals surface area contributed by atoms with Crippen molar-refractivity contribution in [1.82, 2.24) is 0 Å². The first-order valence-electron chi connectivity index (χ1n) is 4.82. The standard InChI is InChI=1S/3C4H6O2.Ca.K/c3*1-2-3-4(5)6;;/h3*2-3H,1H3,(H,5,6);;/q;;;+2;+1/p-3. The molecule has 0 bridgehead atoms. The second-order valence-electron chi connectivity index (χ2n) is 2.46. The van der Waals surface area contributed by atoms with E-state index in [4.69, 9.17) is 0 Å². The summed E-state index contributed by atoms with van der Waals surface area (Å²) in [6.45, 7) is 4.86. The van der Waals surface area contributed by atoms with Gasteiger partial charge in [0.05, 0.1) is 17.9 Å². The molecule has 0 rings (SSSR count). The van der Waals surface area contributed by atoms with Gasteiger partial charge < -0.3 is 29.7 Å².